The van der Waals surface area contributed by atoms with Crippen LogP contribution in [0.2, 0.25) is 0 Å². The molecule has 0 aromatic heterocycles. The second-order valence-electron chi connectivity index (χ2n) is 4.93. The van der Waals surface area contributed by atoms with Gasteiger partial charge in [0.2, 0.25) is 0 Å². The maximum atomic E-state index is 10.8. The highest BCUT2D eigenvalue weighted by Crippen LogP contribution is 2.21. The first kappa shape index (κ1) is 12.9. The zero-order valence-corrected chi connectivity index (χ0v) is 10.9. The van der Waals surface area contributed by atoms with Gasteiger partial charge in [0.1, 0.15) is 18.4 Å². The van der Waals surface area contributed by atoms with E-state index in [-0.39, 0.29) is 6.04 Å². The van der Waals surface area contributed by atoms with E-state index in [1.165, 1.54) is 5.39 Å². The topological polar surface area (TPSA) is 70.6 Å². The summed E-state index contributed by atoms with van der Waals surface area (Å²) in [4.78, 5) is 10.8. The molecular formula is C15H16N2O3. The summed E-state index contributed by atoms with van der Waals surface area (Å²) in [5, 5.41) is 11.2. The summed E-state index contributed by atoms with van der Waals surface area (Å²) in [6.45, 7) is 0.440. The predicted octanol–water partition coefficient (Wildman–Crippen LogP) is 1.54. The van der Waals surface area contributed by atoms with Gasteiger partial charge < -0.3 is 9.84 Å². The van der Waals surface area contributed by atoms with Crippen LogP contribution >= 0.6 is 0 Å². The van der Waals surface area contributed by atoms with E-state index in [2.05, 4.69) is 16.9 Å². The van der Waals surface area contributed by atoms with E-state index in [0.717, 1.165) is 11.1 Å². The molecule has 20 heavy (non-hydrogen) atoms. The van der Waals surface area contributed by atoms with Gasteiger partial charge in [-0.2, -0.15) is 0 Å². The lowest BCUT2D eigenvalue weighted by Gasteiger charge is -2.12. The SMILES string of the molecule is O=C(O)C1CC(COc2ccc3ccccc3c2)NN1. The van der Waals surface area contributed by atoms with E-state index in [0.29, 0.717) is 13.0 Å². The molecule has 1 saturated heterocycles. The molecule has 2 unspecified atom stereocenters. The first-order chi connectivity index (χ1) is 9.72. The Balaban J connectivity index is 1.61. The summed E-state index contributed by atoms with van der Waals surface area (Å²) < 4.78 is 5.73. The molecule has 5 heteroatoms. The summed E-state index contributed by atoms with van der Waals surface area (Å²) in [5.41, 5.74) is 5.68. The maximum Gasteiger partial charge on any atom is 0.322 e. The Morgan fingerprint density at radius 1 is 1.20 bits per heavy atom. The zero-order valence-electron chi connectivity index (χ0n) is 10.9. The van der Waals surface area contributed by atoms with Crippen LogP contribution in [0.4, 0.5) is 0 Å². The summed E-state index contributed by atoms with van der Waals surface area (Å²) in [6.07, 6.45) is 0.517. The standard InChI is InChI=1S/C15H16N2O3/c18-15(19)14-8-12(16-17-14)9-20-13-6-5-10-3-1-2-4-11(10)7-13/h1-7,12,14,16-17H,8-9H2,(H,18,19). The second kappa shape index (κ2) is 5.48. The molecule has 0 aliphatic carbocycles. The van der Waals surface area contributed by atoms with E-state index in [9.17, 15) is 4.79 Å². The Hall–Kier alpha value is -2.11. The number of carbonyl (C=O) groups is 1. The summed E-state index contributed by atoms with van der Waals surface area (Å²) in [6, 6.07) is 13.5. The number of nitrogens with one attached hydrogen (secondary N) is 2. The van der Waals surface area contributed by atoms with Crippen molar-refractivity contribution in [2.75, 3.05) is 6.61 Å². The molecule has 1 heterocycles. The molecule has 5 nitrogen and oxygen atoms in total. The van der Waals surface area contributed by atoms with Gasteiger partial charge in [-0.1, -0.05) is 30.3 Å². The quantitative estimate of drug-likeness (QED) is 0.787. The largest absolute Gasteiger partial charge is 0.492 e. The van der Waals surface area contributed by atoms with Crippen LogP contribution in [0.1, 0.15) is 6.42 Å². The van der Waals surface area contributed by atoms with E-state index >= 15 is 0 Å². The minimum Gasteiger partial charge on any atom is -0.492 e. The monoisotopic (exact) mass is 272 g/mol. The number of hydrazine groups is 1. The van der Waals surface area contributed by atoms with Crippen LogP contribution in [0, 0.1) is 0 Å². The number of carboxylic acid groups (broad SMARTS) is 1. The molecule has 2 atom stereocenters. The number of ether oxygens (including phenoxy) is 1. The molecule has 0 bridgehead atoms. The summed E-state index contributed by atoms with van der Waals surface area (Å²) >= 11 is 0. The average molecular weight is 272 g/mol. The number of hydrogen-bond acceptors (Lipinski definition) is 4. The molecule has 104 valence electrons. The van der Waals surface area contributed by atoms with Crippen molar-refractivity contribution in [2.45, 2.75) is 18.5 Å². The van der Waals surface area contributed by atoms with E-state index in [4.69, 9.17) is 9.84 Å². The molecule has 1 fully saturated rings. The van der Waals surface area contributed by atoms with Gasteiger partial charge in [-0.3, -0.25) is 10.2 Å². The Morgan fingerprint density at radius 3 is 2.75 bits per heavy atom. The predicted molar refractivity (Wildman–Crippen MR) is 75.5 cm³/mol. The first-order valence-corrected chi connectivity index (χ1v) is 6.58. The van der Waals surface area contributed by atoms with Gasteiger partial charge in [-0.05, 0) is 29.3 Å². The third kappa shape index (κ3) is 2.74. The number of benzene rings is 2. The van der Waals surface area contributed by atoms with Gasteiger partial charge in [-0.25, -0.2) is 5.43 Å². The van der Waals surface area contributed by atoms with Crippen molar-refractivity contribution >= 4 is 16.7 Å². The Bertz CT molecular complexity index is 629. The van der Waals surface area contributed by atoms with E-state index in [1.54, 1.807) is 0 Å². The van der Waals surface area contributed by atoms with Gasteiger partial charge in [0.05, 0.1) is 6.04 Å². The molecule has 0 saturated carbocycles. The van der Waals surface area contributed by atoms with Crippen molar-refractivity contribution in [3.63, 3.8) is 0 Å². The molecule has 0 spiro atoms. The van der Waals surface area contributed by atoms with E-state index in [1.807, 2.05) is 36.4 Å². The van der Waals surface area contributed by atoms with Crippen LogP contribution in [0.15, 0.2) is 42.5 Å². The second-order valence-corrected chi connectivity index (χ2v) is 4.93. The van der Waals surface area contributed by atoms with Crippen molar-refractivity contribution in [3.05, 3.63) is 42.5 Å². The third-order valence-electron chi connectivity index (χ3n) is 3.45. The molecule has 1 aliphatic rings. The fourth-order valence-electron chi connectivity index (χ4n) is 2.35. The smallest absolute Gasteiger partial charge is 0.322 e. The summed E-state index contributed by atoms with van der Waals surface area (Å²) in [5.74, 6) is -0.0463. The van der Waals surface area contributed by atoms with Crippen molar-refractivity contribution in [2.24, 2.45) is 0 Å². The molecule has 0 radical (unpaired) electrons. The van der Waals surface area contributed by atoms with E-state index < -0.39 is 12.0 Å². The Kier molecular flexibility index (Phi) is 3.54. The lowest BCUT2D eigenvalue weighted by molar-refractivity contribution is -0.139. The van der Waals surface area contributed by atoms with Gasteiger partial charge in [0, 0.05) is 0 Å². The van der Waals surface area contributed by atoms with Gasteiger partial charge >= 0.3 is 5.97 Å². The van der Waals surface area contributed by atoms with Crippen molar-refractivity contribution < 1.29 is 14.6 Å². The van der Waals surface area contributed by atoms with Crippen LogP contribution in [-0.4, -0.2) is 29.8 Å². The van der Waals surface area contributed by atoms with Crippen molar-refractivity contribution in [1.82, 2.24) is 10.9 Å². The van der Waals surface area contributed by atoms with Crippen molar-refractivity contribution in [1.29, 1.82) is 0 Å². The minimum atomic E-state index is -0.842. The average Bonchev–Trinajstić information content (AvgIpc) is 2.94. The molecule has 1 aliphatic heterocycles. The molecule has 3 rings (SSSR count). The lowest BCUT2D eigenvalue weighted by Crippen LogP contribution is -2.38. The van der Waals surface area contributed by atoms with Crippen LogP contribution in [-0.2, 0) is 4.79 Å². The highest BCUT2D eigenvalue weighted by molar-refractivity contribution is 5.83. The number of hydrogen-bond donors (Lipinski definition) is 3. The highest BCUT2D eigenvalue weighted by Gasteiger charge is 2.29. The first-order valence-electron chi connectivity index (χ1n) is 6.58. The van der Waals surface area contributed by atoms with Crippen molar-refractivity contribution in [3.8, 4) is 5.75 Å². The normalized spacial score (nSPS) is 22.0. The number of aliphatic carboxylic acids is 1. The number of carboxylic acids is 1. The molecular weight excluding hydrogens is 256 g/mol. The van der Waals surface area contributed by atoms with Crippen LogP contribution in [0.25, 0.3) is 10.8 Å². The lowest BCUT2D eigenvalue weighted by atomic mass is 10.1. The number of rotatable bonds is 4. The maximum absolute atomic E-state index is 10.8. The molecule has 2 aromatic rings. The highest BCUT2D eigenvalue weighted by atomic mass is 16.5. The van der Waals surface area contributed by atoms with Gasteiger partial charge in [-0.15, -0.1) is 0 Å². The molecule has 0 amide bonds. The Morgan fingerprint density at radius 2 is 2.00 bits per heavy atom. The fourth-order valence-corrected chi connectivity index (χ4v) is 2.35. The summed E-state index contributed by atoms with van der Waals surface area (Å²) in [7, 11) is 0. The fraction of sp³-hybridized carbons (Fsp3) is 0.267. The van der Waals surface area contributed by atoms with Crippen LogP contribution in [0.3, 0.4) is 0 Å². The van der Waals surface area contributed by atoms with Crippen LogP contribution < -0.4 is 15.6 Å². The van der Waals surface area contributed by atoms with Crippen LogP contribution in [0.5, 0.6) is 5.75 Å². The third-order valence-corrected chi connectivity index (χ3v) is 3.45. The number of fused-ring (bicyclic) bond motifs is 1. The zero-order chi connectivity index (χ0) is 13.9. The molecule has 2 aromatic carbocycles. The minimum absolute atomic E-state index is 0.00238. The Labute approximate surface area is 116 Å². The van der Waals surface area contributed by atoms with Gasteiger partial charge in [0.25, 0.3) is 0 Å². The molecule has 3 N–H and O–H groups in total. The van der Waals surface area contributed by atoms with Gasteiger partial charge in [0.15, 0.2) is 0 Å².